The third-order valence-corrected chi connectivity index (χ3v) is 3.91. The number of rotatable bonds is 5. The molecule has 1 fully saturated rings. The minimum atomic E-state index is 0.0516. The Labute approximate surface area is 124 Å². The Kier molecular flexibility index (Phi) is 3.72. The Bertz CT molecular complexity index is 669. The molecule has 0 aliphatic heterocycles. The largest absolute Gasteiger partial charge is 0.338 e. The zero-order valence-corrected chi connectivity index (χ0v) is 12.3. The van der Waals surface area contributed by atoms with Gasteiger partial charge >= 0.3 is 0 Å². The molecule has 5 heteroatoms. The fourth-order valence-corrected chi connectivity index (χ4v) is 2.28. The van der Waals surface area contributed by atoms with Crippen molar-refractivity contribution in [2.45, 2.75) is 38.3 Å². The van der Waals surface area contributed by atoms with E-state index in [4.69, 9.17) is 9.78 Å². The van der Waals surface area contributed by atoms with Crippen molar-refractivity contribution in [3.8, 4) is 6.07 Å². The summed E-state index contributed by atoms with van der Waals surface area (Å²) < 4.78 is 5.38. The molecular weight excluding hydrogens is 264 g/mol. The lowest BCUT2D eigenvalue weighted by molar-refractivity contribution is 0.202. The SMILES string of the molecule is C[C@H](c1nc(C2CC2)no1)N(C)Cc1cccc(C#N)c1. The van der Waals surface area contributed by atoms with Gasteiger partial charge < -0.3 is 4.52 Å². The van der Waals surface area contributed by atoms with E-state index in [1.54, 1.807) is 0 Å². The minimum absolute atomic E-state index is 0.0516. The van der Waals surface area contributed by atoms with E-state index < -0.39 is 0 Å². The fourth-order valence-electron chi connectivity index (χ4n) is 2.28. The average Bonchev–Trinajstić information content (AvgIpc) is 3.24. The Morgan fingerprint density at radius 3 is 3.00 bits per heavy atom. The van der Waals surface area contributed by atoms with Crippen LogP contribution in [0.4, 0.5) is 0 Å². The van der Waals surface area contributed by atoms with Crippen LogP contribution in [0.2, 0.25) is 0 Å². The fraction of sp³-hybridized carbons (Fsp3) is 0.438. The lowest BCUT2D eigenvalue weighted by atomic mass is 10.1. The van der Waals surface area contributed by atoms with E-state index in [9.17, 15) is 0 Å². The maximum absolute atomic E-state index is 8.95. The van der Waals surface area contributed by atoms with Gasteiger partial charge in [-0.25, -0.2) is 0 Å². The highest BCUT2D eigenvalue weighted by Crippen LogP contribution is 2.38. The predicted molar refractivity (Wildman–Crippen MR) is 77.3 cm³/mol. The zero-order valence-electron chi connectivity index (χ0n) is 12.3. The molecule has 21 heavy (non-hydrogen) atoms. The van der Waals surface area contributed by atoms with Gasteiger partial charge in [0, 0.05) is 12.5 Å². The van der Waals surface area contributed by atoms with Crippen LogP contribution in [0.1, 0.15) is 54.6 Å². The van der Waals surface area contributed by atoms with Gasteiger partial charge in [-0.15, -0.1) is 0 Å². The molecule has 0 unspecified atom stereocenters. The van der Waals surface area contributed by atoms with Crippen molar-refractivity contribution in [2.24, 2.45) is 0 Å². The summed E-state index contributed by atoms with van der Waals surface area (Å²) in [6.07, 6.45) is 2.34. The summed E-state index contributed by atoms with van der Waals surface area (Å²) in [5.41, 5.74) is 1.78. The first-order valence-electron chi connectivity index (χ1n) is 7.20. The van der Waals surface area contributed by atoms with Crippen LogP contribution in [0.3, 0.4) is 0 Å². The highest BCUT2D eigenvalue weighted by molar-refractivity contribution is 5.32. The first kappa shape index (κ1) is 13.8. The van der Waals surface area contributed by atoms with Crippen molar-refractivity contribution in [1.29, 1.82) is 5.26 Å². The van der Waals surface area contributed by atoms with E-state index in [1.165, 1.54) is 12.8 Å². The summed E-state index contributed by atoms with van der Waals surface area (Å²) in [5.74, 6) is 2.01. The van der Waals surface area contributed by atoms with Crippen LogP contribution in [0.25, 0.3) is 0 Å². The number of benzene rings is 1. The second kappa shape index (κ2) is 5.66. The van der Waals surface area contributed by atoms with Crippen LogP contribution in [-0.4, -0.2) is 22.1 Å². The van der Waals surface area contributed by atoms with Crippen LogP contribution >= 0.6 is 0 Å². The molecule has 0 bridgehead atoms. The molecule has 1 saturated carbocycles. The van der Waals surface area contributed by atoms with Crippen molar-refractivity contribution < 1.29 is 4.52 Å². The van der Waals surface area contributed by atoms with Crippen molar-refractivity contribution in [1.82, 2.24) is 15.0 Å². The molecule has 108 valence electrons. The minimum Gasteiger partial charge on any atom is -0.338 e. The monoisotopic (exact) mass is 282 g/mol. The molecular formula is C16H18N4O. The molecule has 0 N–H and O–H groups in total. The molecule has 0 amide bonds. The predicted octanol–water partition coefficient (Wildman–Crippen LogP) is 3.01. The quantitative estimate of drug-likeness (QED) is 0.843. The van der Waals surface area contributed by atoms with Crippen molar-refractivity contribution in [2.75, 3.05) is 7.05 Å². The summed E-state index contributed by atoms with van der Waals surface area (Å²) >= 11 is 0. The maximum Gasteiger partial charge on any atom is 0.243 e. The van der Waals surface area contributed by atoms with Crippen molar-refractivity contribution in [3.05, 3.63) is 47.1 Å². The van der Waals surface area contributed by atoms with E-state index in [-0.39, 0.29) is 6.04 Å². The number of hydrogen-bond acceptors (Lipinski definition) is 5. The molecule has 0 spiro atoms. The van der Waals surface area contributed by atoms with Gasteiger partial charge in [-0.2, -0.15) is 10.2 Å². The Hall–Kier alpha value is -2.19. The topological polar surface area (TPSA) is 66.0 Å². The van der Waals surface area contributed by atoms with Crippen LogP contribution in [0, 0.1) is 11.3 Å². The second-order valence-electron chi connectivity index (χ2n) is 5.67. The third kappa shape index (κ3) is 3.11. The summed E-state index contributed by atoms with van der Waals surface area (Å²) in [7, 11) is 2.02. The summed E-state index contributed by atoms with van der Waals surface area (Å²) in [4.78, 5) is 6.64. The van der Waals surface area contributed by atoms with E-state index in [1.807, 2.05) is 31.3 Å². The standard InChI is InChI=1S/C16H18N4O/c1-11(16-18-15(19-21-16)14-6-7-14)20(2)10-13-5-3-4-12(8-13)9-17/h3-5,8,11,14H,6-7,10H2,1-2H3/t11-/m1/s1. The molecule has 1 aromatic carbocycles. The molecule has 3 rings (SSSR count). The third-order valence-electron chi connectivity index (χ3n) is 3.91. The first-order valence-corrected chi connectivity index (χ1v) is 7.20. The van der Waals surface area contributed by atoms with E-state index >= 15 is 0 Å². The number of aromatic nitrogens is 2. The van der Waals surface area contributed by atoms with Gasteiger partial charge in [-0.05, 0) is 44.5 Å². The second-order valence-corrected chi connectivity index (χ2v) is 5.67. The molecule has 1 heterocycles. The normalized spacial score (nSPS) is 15.9. The molecule has 1 atom stereocenters. The Morgan fingerprint density at radius 1 is 1.48 bits per heavy atom. The van der Waals surface area contributed by atoms with Crippen LogP contribution in [-0.2, 0) is 6.54 Å². The molecule has 0 saturated heterocycles. The van der Waals surface area contributed by atoms with Crippen LogP contribution < -0.4 is 0 Å². The van der Waals surface area contributed by atoms with Gasteiger partial charge in [-0.3, -0.25) is 4.90 Å². The molecule has 1 aliphatic rings. The summed E-state index contributed by atoms with van der Waals surface area (Å²) in [6.45, 7) is 2.79. The van der Waals surface area contributed by atoms with E-state index in [0.29, 0.717) is 17.4 Å². The lowest BCUT2D eigenvalue weighted by Gasteiger charge is -2.21. The number of nitriles is 1. The molecule has 1 aromatic heterocycles. The zero-order chi connectivity index (χ0) is 14.8. The molecule has 1 aliphatic carbocycles. The van der Waals surface area contributed by atoms with Crippen molar-refractivity contribution in [3.63, 3.8) is 0 Å². The Balaban J connectivity index is 1.68. The maximum atomic E-state index is 8.95. The van der Waals surface area contributed by atoms with Gasteiger partial charge in [0.25, 0.3) is 0 Å². The molecule has 2 aromatic rings. The van der Waals surface area contributed by atoms with Crippen LogP contribution in [0.5, 0.6) is 0 Å². The average molecular weight is 282 g/mol. The highest BCUT2D eigenvalue weighted by Gasteiger charge is 2.30. The van der Waals surface area contributed by atoms with Gasteiger partial charge in [0.1, 0.15) is 0 Å². The highest BCUT2D eigenvalue weighted by atomic mass is 16.5. The molecule has 5 nitrogen and oxygen atoms in total. The lowest BCUT2D eigenvalue weighted by Crippen LogP contribution is -2.22. The summed E-state index contributed by atoms with van der Waals surface area (Å²) in [5, 5.41) is 13.0. The smallest absolute Gasteiger partial charge is 0.243 e. The van der Waals surface area contributed by atoms with Crippen LogP contribution in [0.15, 0.2) is 28.8 Å². The van der Waals surface area contributed by atoms with E-state index in [0.717, 1.165) is 17.9 Å². The van der Waals surface area contributed by atoms with Gasteiger partial charge in [0.05, 0.1) is 17.7 Å². The van der Waals surface area contributed by atoms with Gasteiger partial charge in [0.2, 0.25) is 5.89 Å². The Morgan fingerprint density at radius 2 is 2.29 bits per heavy atom. The van der Waals surface area contributed by atoms with E-state index in [2.05, 4.69) is 28.0 Å². The number of hydrogen-bond donors (Lipinski definition) is 0. The summed E-state index contributed by atoms with van der Waals surface area (Å²) in [6, 6.07) is 9.87. The van der Waals surface area contributed by atoms with Gasteiger partial charge in [0.15, 0.2) is 5.82 Å². The first-order chi connectivity index (χ1) is 10.2. The van der Waals surface area contributed by atoms with Gasteiger partial charge in [-0.1, -0.05) is 17.3 Å². The van der Waals surface area contributed by atoms with Crippen molar-refractivity contribution >= 4 is 0 Å². The molecule has 0 radical (unpaired) electrons. The number of nitrogens with zero attached hydrogens (tertiary/aromatic N) is 4.